The summed E-state index contributed by atoms with van der Waals surface area (Å²) in [6, 6.07) is -3.25. The molecule has 13 nitrogen and oxygen atoms in total. The fraction of sp³-hybridized carbons (Fsp3) is 0.824. The quantitative estimate of drug-likeness (QED) is 0.183. The Morgan fingerprint density at radius 3 is 2.21 bits per heavy atom. The van der Waals surface area contributed by atoms with Gasteiger partial charge in [-0.05, 0) is 67.6 Å². The van der Waals surface area contributed by atoms with Gasteiger partial charge in [0.1, 0.15) is 12.1 Å². The van der Waals surface area contributed by atoms with Gasteiger partial charge in [0.05, 0.1) is 12.6 Å². The fourth-order valence-corrected chi connectivity index (χ4v) is 7.91. The number of urea groups is 1. The molecule has 5 fully saturated rings. The molecule has 0 aromatic rings. The normalized spacial score (nSPS) is 25.4. The van der Waals surface area contributed by atoms with Gasteiger partial charge in [0.2, 0.25) is 23.5 Å². The summed E-state index contributed by atoms with van der Waals surface area (Å²) in [5.74, 6) is -2.34. The molecule has 2 heterocycles. The lowest BCUT2D eigenvalue weighted by molar-refractivity contribution is -0.141. The Labute approximate surface area is 278 Å². The van der Waals surface area contributed by atoms with E-state index in [1.165, 1.54) is 11.3 Å². The minimum Gasteiger partial charge on any atom is -0.363 e. The standard InChI is InChI=1S/C34H55N7O6/c1-20(2)27(31(46)40-14-13-37-34(19-40)11-12-34)39-32(47)36-17-26(42)41-18-23(33(3,4)22-9-6-10-22)16-25(41)30(45)38-24(28(43)29(35)44)15-21-7-5-8-21/h20-25,27,37H,5-19H2,1-4H3,(H2,35,44)(H,38,45)(H2,36,39,47)/t23?,24?,25-,27-/m0/s1. The monoisotopic (exact) mass is 657 g/mol. The molecule has 13 heteroatoms. The van der Waals surface area contributed by atoms with Crippen LogP contribution in [0, 0.1) is 29.1 Å². The van der Waals surface area contributed by atoms with Gasteiger partial charge in [0, 0.05) is 31.7 Å². The second-order valence-corrected chi connectivity index (χ2v) is 15.8. The number of ketones is 1. The van der Waals surface area contributed by atoms with Gasteiger partial charge >= 0.3 is 6.03 Å². The number of primary amides is 1. The molecule has 2 saturated heterocycles. The van der Waals surface area contributed by atoms with Crippen molar-refractivity contribution in [1.29, 1.82) is 0 Å². The van der Waals surface area contributed by atoms with Crippen molar-refractivity contribution in [3.8, 4) is 0 Å². The zero-order chi connectivity index (χ0) is 34.1. The Kier molecular flexibility index (Phi) is 10.5. The molecule has 1 spiro atoms. The number of amides is 6. The van der Waals surface area contributed by atoms with E-state index in [0.717, 1.165) is 51.5 Å². The second kappa shape index (κ2) is 14.1. The highest BCUT2D eigenvalue weighted by atomic mass is 16.2. The predicted octanol–water partition coefficient (Wildman–Crippen LogP) is 1.05. The minimum absolute atomic E-state index is 0.0120. The van der Waals surface area contributed by atoms with Crippen LogP contribution in [-0.2, 0) is 24.0 Å². The SMILES string of the molecule is CC(C)[C@H](NC(=O)NCC(=O)N1CC(C(C)(C)C2CCC2)C[C@H]1C(=O)NC(CC1CCC1)C(=O)C(N)=O)C(=O)N1CCNC2(CC2)C1. The van der Waals surface area contributed by atoms with Crippen molar-refractivity contribution in [2.24, 2.45) is 34.8 Å². The molecule has 0 aromatic carbocycles. The number of carbonyl (C=O) groups is 6. The first-order chi connectivity index (χ1) is 22.2. The van der Waals surface area contributed by atoms with Gasteiger partial charge < -0.3 is 36.8 Å². The molecule has 6 N–H and O–H groups in total. The number of likely N-dealkylation sites (tertiary alicyclic amines) is 1. The third-order valence-corrected chi connectivity index (χ3v) is 12.0. The number of nitrogens with one attached hydrogen (secondary N) is 4. The van der Waals surface area contributed by atoms with E-state index in [0.29, 0.717) is 38.4 Å². The van der Waals surface area contributed by atoms with Crippen LogP contribution in [0.1, 0.15) is 91.9 Å². The number of piperazine rings is 1. The highest BCUT2D eigenvalue weighted by Crippen LogP contribution is 2.50. The van der Waals surface area contributed by atoms with Crippen molar-refractivity contribution in [1.82, 2.24) is 31.1 Å². The van der Waals surface area contributed by atoms with E-state index in [2.05, 4.69) is 35.1 Å². The van der Waals surface area contributed by atoms with Crippen LogP contribution >= 0.6 is 0 Å². The molecule has 262 valence electrons. The molecule has 0 aromatic heterocycles. The van der Waals surface area contributed by atoms with Crippen LogP contribution in [0.5, 0.6) is 0 Å². The lowest BCUT2D eigenvalue weighted by Crippen LogP contribution is -2.60. The highest BCUT2D eigenvalue weighted by Gasteiger charge is 2.50. The minimum atomic E-state index is -1.09. The molecule has 0 bridgehead atoms. The smallest absolute Gasteiger partial charge is 0.315 e. The molecule has 5 rings (SSSR count). The Morgan fingerprint density at radius 2 is 1.66 bits per heavy atom. The van der Waals surface area contributed by atoms with Crippen molar-refractivity contribution in [3.63, 3.8) is 0 Å². The van der Waals surface area contributed by atoms with Crippen LogP contribution in [0.4, 0.5) is 4.79 Å². The van der Waals surface area contributed by atoms with E-state index in [1.807, 2.05) is 18.7 Å². The third kappa shape index (κ3) is 7.92. The number of rotatable bonds is 13. The first-order valence-corrected chi connectivity index (χ1v) is 17.7. The highest BCUT2D eigenvalue weighted by molar-refractivity contribution is 6.37. The second-order valence-electron chi connectivity index (χ2n) is 15.8. The summed E-state index contributed by atoms with van der Waals surface area (Å²) in [4.78, 5) is 81.8. The van der Waals surface area contributed by atoms with E-state index in [4.69, 9.17) is 5.73 Å². The van der Waals surface area contributed by atoms with E-state index in [9.17, 15) is 28.8 Å². The molecule has 2 unspecified atom stereocenters. The first-order valence-electron chi connectivity index (χ1n) is 17.7. The number of hydrogen-bond acceptors (Lipinski definition) is 7. The summed E-state index contributed by atoms with van der Waals surface area (Å²) in [5.41, 5.74) is 5.23. The van der Waals surface area contributed by atoms with Gasteiger partial charge in [-0.1, -0.05) is 53.4 Å². The maximum absolute atomic E-state index is 13.8. The Bertz CT molecular complexity index is 1240. The molecule has 3 saturated carbocycles. The fourth-order valence-electron chi connectivity index (χ4n) is 7.91. The number of nitrogens with zero attached hydrogens (tertiary/aromatic N) is 2. The van der Waals surface area contributed by atoms with E-state index in [1.54, 1.807) is 0 Å². The Balaban J connectivity index is 1.23. The van der Waals surface area contributed by atoms with E-state index < -0.39 is 47.7 Å². The summed E-state index contributed by atoms with van der Waals surface area (Å²) in [5, 5.41) is 11.7. The number of carbonyl (C=O) groups excluding carboxylic acids is 6. The average Bonchev–Trinajstić information content (AvgIpc) is 3.53. The summed E-state index contributed by atoms with van der Waals surface area (Å²) in [7, 11) is 0. The predicted molar refractivity (Wildman–Crippen MR) is 175 cm³/mol. The van der Waals surface area contributed by atoms with Gasteiger partial charge in [-0.25, -0.2) is 4.79 Å². The van der Waals surface area contributed by atoms with Gasteiger partial charge in [-0.15, -0.1) is 0 Å². The maximum Gasteiger partial charge on any atom is 0.315 e. The van der Waals surface area contributed by atoms with Crippen molar-refractivity contribution in [2.45, 2.75) is 116 Å². The summed E-state index contributed by atoms with van der Waals surface area (Å²) >= 11 is 0. The zero-order valence-electron chi connectivity index (χ0n) is 28.6. The molecule has 5 aliphatic rings. The molecule has 47 heavy (non-hydrogen) atoms. The lowest BCUT2D eigenvalue weighted by atomic mass is 9.61. The topological polar surface area (TPSA) is 183 Å². The van der Waals surface area contributed by atoms with Crippen LogP contribution < -0.4 is 27.0 Å². The molecule has 0 radical (unpaired) electrons. The van der Waals surface area contributed by atoms with Crippen molar-refractivity contribution < 1.29 is 28.8 Å². The maximum atomic E-state index is 13.8. The van der Waals surface area contributed by atoms with E-state index in [-0.39, 0.29) is 41.2 Å². The Morgan fingerprint density at radius 1 is 0.979 bits per heavy atom. The molecular weight excluding hydrogens is 602 g/mol. The third-order valence-electron chi connectivity index (χ3n) is 12.0. The van der Waals surface area contributed by atoms with Crippen molar-refractivity contribution in [2.75, 3.05) is 32.7 Å². The molecule has 2 aliphatic heterocycles. The molecule has 3 aliphatic carbocycles. The molecular formula is C34H55N7O6. The van der Waals surface area contributed by atoms with Crippen molar-refractivity contribution >= 4 is 35.4 Å². The van der Waals surface area contributed by atoms with Crippen LogP contribution in [0.2, 0.25) is 0 Å². The summed E-state index contributed by atoms with van der Waals surface area (Å²) in [6.45, 7) is 10.1. The first kappa shape index (κ1) is 35.1. The van der Waals surface area contributed by atoms with Crippen molar-refractivity contribution in [3.05, 3.63) is 0 Å². The summed E-state index contributed by atoms with van der Waals surface area (Å²) in [6.07, 6.45) is 9.12. The number of nitrogens with two attached hydrogens (primary N) is 1. The average molecular weight is 658 g/mol. The molecule has 4 atom stereocenters. The largest absolute Gasteiger partial charge is 0.363 e. The zero-order valence-corrected chi connectivity index (χ0v) is 28.6. The number of hydrogen-bond donors (Lipinski definition) is 5. The van der Waals surface area contributed by atoms with Crippen LogP contribution in [-0.4, -0.2) is 102 Å². The van der Waals surface area contributed by atoms with E-state index >= 15 is 0 Å². The lowest BCUT2D eigenvalue weighted by Gasteiger charge is -2.44. The van der Waals surface area contributed by atoms with Gasteiger partial charge in [0.25, 0.3) is 5.91 Å². The van der Waals surface area contributed by atoms with Gasteiger partial charge in [-0.3, -0.25) is 24.0 Å². The van der Waals surface area contributed by atoms with Crippen LogP contribution in [0.15, 0.2) is 0 Å². The van der Waals surface area contributed by atoms with Gasteiger partial charge in [-0.2, -0.15) is 0 Å². The number of Topliss-reactive ketones (excluding diaryl/α,β-unsaturated/α-hetero) is 1. The summed E-state index contributed by atoms with van der Waals surface area (Å²) < 4.78 is 0. The van der Waals surface area contributed by atoms with Crippen LogP contribution in [0.25, 0.3) is 0 Å². The van der Waals surface area contributed by atoms with Gasteiger partial charge in [0.15, 0.2) is 0 Å². The Hall–Kier alpha value is -3.22. The molecule has 6 amide bonds. The van der Waals surface area contributed by atoms with Crippen LogP contribution in [0.3, 0.4) is 0 Å².